The molecule has 19 heavy (non-hydrogen) atoms. The molecule has 0 bridgehead atoms. The van der Waals surface area contributed by atoms with Crippen LogP contribution in [0.1, 0.15) is 6.42 Å². The van der Waals surface area contributed by atoms with Crippen molar-refractivity contribution in [3.8, 4) is 11.5 Å². The number of para-hydroxylation sites is 2. The number of hydrogen-bond donors (Lipinski definition) is 1. The number of likely N-dealkylation sites (tertiary alicyclic amines) is 1. The minimum absolute atomic E-state index is 0.0284. The van der Waals surface area contributed by atoms with Gasteiger partial charge in [-0.1, -0.05) is 12.1 Å². The average molecular weight is 263 g/mol. The molecular weight excluding hydrogens is 246 g/mol. The number of carboxylic acid groups (broad SMARTS) is 1. The topological polar surface area (TPSA) is 59.0 Å². The Morgan fingerprint density at radius 1 is 1.32 bits per heavy atom. The SMILES string of the molecule is O=C(O)CC1CN(CC2COc3ccccc3O2)C1. The zero-order valence-electron chi connectivity index (χ0n) is 10.6. The number of carboxylic acids is 1. The van der Waals surface area contributed by atoms with Crippen molar-refractivity contribution in [3.63, 3.8) is 0 Å². The van der Waals surface area contributed by atoms with Gasteiger partial charge in [-0.05, 0) is 18.1 Å². The van der Waals surface area contributed by atoms with Crippen LogP contribution >= 0.6 is 0 Å². The van der Waals surface area contributed by atoms with Crippen LogP contribution < -0.4 is 9.47 Å². The second kappa shape index (κ2) is 5.09. The molecule has 1 N–H and O–H groups in total. The van der Waals surface area contributed by atoms with Gasteiger partial charge in [-0.25, -0.2) is 0 Å². The Morgan fingerprint density at radius 3 is 2.79 bits per heavy atom. The van der Waals surface area contributed by atoms with E-state index in [0.29, 0.717) is 6.61 Å². The Kier molecular flexibility index (Phi) is 3.29. The van der Waals surface area contributed by atoms with Crippen LogP contribution in [-0.4, -0.2) is 48.3 Å². The molecule has 1 atom stereocenters. The largest absolute Gasteiger partial charge is 0.486 e. The summed E-state index contributed by atoms with van der Waals surface area (Å²) in [5.41, 5.74) is 0. The first-order chi connectivity index (χ1) is 9.20. The highest BCUT2D eigenvalue weighted by molar-refractivity contribution is 5.67. The number of nitrogens with zero attached hydrogens (tertiary/aromatic N) is 1. The molecule has 1 fully saturated rings. The van der Waals surface area contributed by atoms with Gasteiger partial charge < -0.3 is 14.6 Å². The summed E-state index contributed by atoms with van der Waals surface area (Å²) in [6.07, 6.45) is 0.294. The fourth-order valence-corrected chi connectivity index (χ4v) is 2.64. The number of aliphatic carboxylic acids is 1. The number of carbonyl (C=O) groups is 1. The van der Waals surface area contributed by atoms with Crippen molar-refractivity contribution >= 4 is 5.97 Å². The molecule has 0 aromatic heterocycles. The van der Waals surface area contributed by atoms with Crippen molar-refractivity contribution < 1.29 is 19.4 Å². The molecule has 2 aliphatic heterocycles. The molecule has 1 unspecified atom stereocenters. The lowest BCUT2D eigenvalue weighted by atomic mass is 9.96. The lowest BCUT2D eigenvalue weighted by molar-refractivity contribution is -0.139. The number of hydrogen-bond acceptors (Lipinski definition) is 4. The van der Waals surface area contributed by atoms with E-state index < -0.39 is 5.97 Å². The van der Waals surface area contributed by atoms with Crippen LogP contribution in [0.2, 0.25) is 0 Å². The molecule has 1 aromatic rings. The molecule has 5 heteroatoms. The van der Waals surface area contributed by atoms with Gasteiger partial charge in [0.25, 0.3) is 0 Å². The summed E-state index contributed by atoms with van der Waals surface area (Å²) in [6, 6.07) is 7.66. The summed E-state index contributed by atoms with van der Waals surface area (Å²) in [7, 11) is 0. The number of rotatable bonds is 4. The Hall–Kier alpha value is -1.75. The quantitative estimate of drug-likeness (QED) is 0.885. The van der Waals surface area contributed by atoms with E-state index in [1.54, 1.807) is 0 Å². The maximum atomic E-state index is 10.6. The molecule has 0 spiro atoms. The van der Waals surface area contributed by atoms with Gasteiger partial charge in [-0.2, -0.15) is 0 Å². The highest BCUT2D eigenvalue weighted by Crippen LogP contribution is 2.31. The molecular formula is C14H17NO4. The first-order valence-electron chi connectivity index (χ1n) is 6.53. The molecule has 1 saturated heterocycles. The molecule has 102 valence electrons. The van der Waals surface area contributed by atoms with Crippen molar-refractivity contribution in [2.45, 2.75) is 12.5 Å². The molecule has 5 nitrogen and oxygen atoms in total. The predicted molar refractivity (Wildman–Crippen MR) is 68.5 cm³/mol. The molecule has 0 saturated carbocycles. The molecule has 2 heterocycles. The van der Waals surface area contributed by atoms with Crippen molar-refractivity contribution in [3.05, 3.63) is 24.3 Å². The van der Waals surface area contributed by atoms with E-state index in [1.807, 2.05) is 24.3 Å². The van der Waals surface area contributed by atoms with Crippen LogP contribution in [0.3, 0.4) is 0 Å². The second-order valence-corrected chi connectivity index (χ2v) is 5.18. The van der Waals surface area contributed by atoms with Gasteiger partial charge in [0.15, 0.2) is 11.5 Å². The van der Waals surface area contributed by atoms with Crippen LogP contribution in [-0.2, 0) is 4.79 Å². The van der Waals surface area contributed by atoms with E-state index in [0.717, 1.165) is 31.1 Å². The lowest BCUT2D eigenvalue weighted by Gasteiger charge is -2.41. The molecule has 0 radical (unpaired) electrons. The molecule has 0 amide bonds. The van der Waals surface area contributed by atoms with Crippen LogP contribution in [0.25, 0.3) is 0 Å². The Morgan fingerprint density at radius 2 is 2.05 bits per heavy atom. The second-order valence-electron chi connectivity index (χ2n) is 5.18. The minimum Gasteiger partial charge on any atom is -0.486 e. The standard InChI is InChI=1S/C14H17NO4/c16-14(17)5-10-6-15(7-10)8-11-9-18-12-3-1-2-4-13(12)19-11/h1-4,10-11H,5-9H2,(H,16,17). The number of benzene rings is 1. The maximum Gasteiger partial charge on any atom is 0.303 e. The maximum absolute atomic E-state index is 10.6. The average Bonchev–Trinajstić information content (AvgIpc) is 2.35. The van der Waals surface area contributed by atoms with Gasteiger partial charge in [0.1, 0.15) is 12.7 Å². The Bertz CT molecular complexity index is 470. The molecule has 1 aromatic carbocycles. The third kappa shape index (κ3) is 2.81. The smallest absolute Gasteiger partial charge is 0.303 e. The van der Waals surface area contributed by atoms with E-state index in [2.05, 4.69) is 4.90 Å². The van der Waals surface area contributed by atoms with Gasteiger partial charge >= 0.3 is 5.97 Å². The third-order valence-electron chi connectivity index (χ3n) is 3.53. The Balaban J connectivity index is 1.47. The fraction of sp³-hybridized carbons (Fsp3) is 0.500. The van der Waals surface area contributed by atoms with Gasteiger partial charge in [0, 0.05) is 19.6 Å². The first kappa shape index (κ1) is 12.3. The van der Waals surface area contributed by atoms with Crippen molar-refractivity contribution in [1.82, 2.24) is 4.90 Å². The summed E-state index contributed by atoms with van der Waals surface area (Å²) in [5, 5.41) is 8.70. The van der Waals surface area contributed by atoms with Crippen molar-refractivity contribution in [2.75, 3.05) is 26.2 Å². The predicted octanol–water partition coefficient (Wildman–Crippen LogP) is 1.23. The van der Waals surface area contributed by atoms with Crippen LogP contribution in [0.15, 0.2) is 24.3 Å². The fourth-order valence-electron chi connectivity index (χ4n) is 2.64. The van der Waals surface area contributed by atoms with E-state index in [9.17, 15) is 4.79 Å². The monoisotopic (exact) mass is 263 g/mol. The van der Waals surface area contributed by atoms with E-state index in [4.69, 9.17) is 14.6 Å². The van der Waals surface area contributed by atoms with Gasteiger partial charge in [0.2, 0.25) is 0 Å². The van der Waals surface area contributed by atoms with Crippen LogP contribution in [0, 0.1) is 5.92 Å². The number of ether oxygens (including phenoxy) is 2. The zero-order chi connectivity index (χ0) is 13.2. The third-order valence-corrected chi connectivity index (χ3v) is 3.53. The summed E-state index contributed by atoms with van der Waals surface area (Å²) in [5.74, 6) is 1.16. The molecule has 2 aliphatic rings. The highest BCUT2D eigenvalue weighted by atomic mass is 16.6. The summed E-state index contributed by atoms with van der Waals surface area (Å²) >= 11 is 0. The van der Waals surface area contributed by atoms with Crippen molar-refractivity contribution in [1.29, 1.82) is 0 Å². The van der Waals surface area contributed by atoms with Crippen LogP contribution in [0.5, 0.6) is 11.5 Å². The van der Waals surface area contributed by atoms with Gasteiger partial charge in [-0.3, -0.25) is 9.69 Å². The number of fused-ring (bicyclic) bond motifs is 1. The summed E-state index contributed by atoms with van der Waals surface area (Å²) in [6.45, 7) is 3.03. The van der Waals surface area contributed by atoms with E-state index in [-0.39, 0.29) is 18.4 Å². The normalized spacial score (nSPS) is 22.8. The van der Waals surface area contributed by atoms with Gasteiger partial charge in [0.05, 0.1) is 6.42 Å². The molecule has 0 aliphatic carbocycles. The van der Waals surface area contributed by atoms with E-state index >= 15 is 0 Å². The Labute approximate surface area is 111 Å². The van der Waals surface area contributed by atoms with Crippen LogP contribution in [0.4, 0.5) is 0 Å². The minimum atomic E-state index is -0.712. The zero-order valence-corrected chi connectivity index (χ0v) is 10.6. The highest BCUT2D eigenvalue weighted by Gasteiger charge is 2.32. The molecule has 3 rings (SSSR count). The summed E-state index contributed by atoms with van der Waals surface area (Å²) < 4.78 is 11.5. The lowest BCUT2D eigenvalue weighted by Crippen LogP contribution is -2.52. The summed E-state index contributed by atoms with van der Waals surface area (Å²) in [4.78, 5) is 12.8. The van der Waals surface area contributed by atoms with E-state index in [1.165, 1.54) is 0 Å². The first-order valence-corrected chi connectivity index (χ1v) is 6.53. The van der Waals surface area contributed by atoms with Gasteiger partial charge in [-0.15, -0.1) is 0 Å². The van der Waals surface area contributed by atoms with Crippen molar-refractivity contribution in [2.24, 2.45) is 5.92 Å².